The maximum absolute atomic E-state index is 11.8. The van der Waals surface area contributed by atoms with Crippen molar-refractivity contribution in [2.24, 2.45) is 21.7 Å². The Morgan fingerprint density at radius 2 is 2.04 bits per heavy atom. The highest BCUT2D eigenvalue weighted by Crippen LogP contribution is 2.28. The summed E-state index contributed by atoms with van der Waals surface area (Å²) < 4.78 is 15.4. The first-order valence-electron chi connectivity index (χ1n) is 6.72. The van der Waals surface area contributed by atoms with Gasteiger partial charge in [-0.05, 0) is 35.9 Å². The van der Waals surface area contributed by atoms with Crippen LogP contribution >= 0.6 is 0 Å². The van der Waals surface area contributed by atoms with Crippen LogP contribution in [0.4, 0.5) is 0 Å². The number of furan rings is 1. The topological polar surface area (TPSA) is 189 Å². The van der Waals surface area contributed by atoms with Gasteiger partial charge in [0.05, 0.1) is 19.6 Å². The quantitative estimate of drug-likeness (QED) is 0.171. The van der Waals surface area contributed by atoms with Gasteiger partial charge >= 0.3 is 5.97 Å². The molecule has 12 nitrogen and oxygen atoms in total. The molecule has 0 saturated carbocycles. The van der Waals surface area contributed by atoms with E-state index in [1.807, 2.05) is 0 Å². The number of hydrogen-bond donors (Lipinski definition) is 3. The summed E-state index contributed by atoms with van der Waals surface area (Å²) >= 11 is 0. The van der Waals surface area contributed by atoms with Crippen molar-refractivity contribution in [2.45, 2.75) is 0 Å². The van der Waals surface area contributed by atoms with Crippen LogP contribution in [0.15, 0.2) is 51.2 Å². The van der Waals surface area contributed by atoms with Crippen LogP contribution in [-0.4, -0.2) is 35.5 Å². The molecule has 12 heteroatoms. The van der Waals surface area contributed by atoms with Crippen LogP contribution in [0, 0.1) is 10.1 Å². The average molecular weight is 365 g/mol. The van der Waals surface area contributed by atoms with E-state index in [-0.39, 0.29) is 17.5 Å². The summed E-state index contributed by atoms with van der Waals surface area (Å²) in [4.78, 5) is 20.2. The Kier molecular flexibility index (Phi) is 7.61. The Morgan fingerprint density at radius 1 is 1.35 bits per heavy atom. The summed E-state index contributed by atoms with van der Waals surface area (Å²) in [6, 6.07) is 7.95. The number of nitrogens with two attached hydrogens (primary N) is 2. The molecule has 1 heterocycles. The zero-order valence-corrected chi connectivity index (χ0v) is 13.4. The molecule has 0 aliphatic heterocycles. The van der Waals surface area contributed by atoms with Crippen LogP contribution in [0.1, 0.15) is 16.1 Å². The second-order valence-corrected chi connectivity index (χ2v) is 4.28. The van der Waals surface area contributed by atoms with Gasteiger partial charge in [0.2, 0.25) is 11.7 Å². The first-order chi connectivity index (χ1) is 12.3. The fraction of sp³-hybridized carbons (Fsp3) is 0.0714. The van der Waals surface area contributed by atoms with E-state index in [4.69, 9.17) is 40.7 Å². The van der Waals surface area contributed by atoms with Gasteiger partial charge in [-0.3, -0.25) is 0 Å². The van der Waals surface area contributed by atoms with Gasteiger partial charge in [-0.25, -0.2) is 4.79 Å². The molecule has 2 aromatic rings. The minimum atomic E-state index is -1.50. The van der Waals surface area contributed by atoms with Crippen LogP contribution in [0.2, 0.25) is 0 Å². The van der Waals surface area contributed by atoms with E-state index in [0.717, 1.165) is 0 Å². The van der Waals surface area contributed by atoms with Crippen molar-refractivity contribution in [3.63, 3.8) is 0 Å². The van der Waals surface area contributed by atoms with Crippen molar-refractivity contribution in [3.8, 4) is 11.5 Å². The fourth-order valence-corrected chi connectivity index (χ4v) is 1.56. The van der Waals surface area contributed by atoms with E-state index < -0.39 is 11.1 Å². The molecule has 0 aliphatic carbocycles. The first kappa shape index (κ1) is 20.0. The van der Waals surface area contributed by atoms with Crippen LogP contribution in [0.5, 0.6) is 11.5 Å². The second kappa shape index (κ2) is 9.92. The first-order valence-corrected chi connectivity index (χ1v) is 6.72. The molecule has 26 heavy (non-hydrogen) atoms. The Morgan fingerprint density at radius 3 is 2.58 bits per heavy atom. The van der Waals surface area contributed by atoms with E-state index >= 15 is 0 Å². The Labute approximate surface area is 146 Å². The molecule has 5 N–H and O–H groups in total. The molecule has 0 fully saturated rings. The fourth-order valence-electron chi connectivity index (χ4n) is 1.56. The molecule has 0 saturated heterocycles. The zero-order chi connectivity index (χ0) is 19.5. The van der Waals surface area contributed by atoms with Crippen molar-refractivity contribution >= 4 is 18.1 Å². The maximum atomic E-state index is 11.8. The van der Waals surface area contributed by atoms with E-state index in [9.17, 15) is 4.79 Å². The molecule has 0 spiro atoms. The van der Waals surface area contributed by atoms with Gasteiger partial charge in [0.25, 0.3) is 5.09 Å². The minimum absolute atomic E-state index is 0.0976. The summed E-state index contributed by atoms with van der Waals surface area (Å²) in [5, 5.41) is 20.8. The van der Waals surface area contributed by atoms with Crippen molar-refractivity contribution in [1.29, 1.82) is 0 Å². The summed E-state index contributed by atoms with van der Waals surface area (Å²) in [6.07, 6.45) is 2.82. The molecule has 2 rings (SSSR count). The maximum Gasteiger partial charge on any atom is 0.379 e. The van der Waals surface area contributed by atoms with E-state index in [1.54, 1.807) is 24.3 Å². The van der Waals surface area contributed by atoms with Gasteiger partial charge in [-0.2, -0.15) is 5.10 Å². The van der Waals surface area contributed by atoms with Gasteiger partial charge < -0.3 is 30.6 Å². The van der Waals surface area contributed by atoms with Crippen molar-refractivity contribution in [1.82, 2.24) is 0 Å². The SMILES string of the molecule is COc1cc(C=NN=C(N)N)ccc1OC(=O)c1ccco1.O=[N+]([O-])O. The van der Waals surface area contributed by atoms with Gasteiger partial charge in [-0.15, -0.1) is 15.2 Å². The molecule has 1 aromatic heterocycles. The largest absolute Gasteiger partial charge is 0.493 e. The molecular formula is C14H15N5O7. The highest BCUT2D eigenvalue weighted by Gasteiger charge is 2.14. The highest BCUT2D eigenvalue weighted by molar-refractivity contribution is 5.89. The molecule has 0 radical (unpaired) electrons. The second-order valence-electron chi connectivity index (χ2n) is 4.28. The van der Waals surface area contributed by atoms with E-state index in [2.05, 4.69) is 10.2 Å². The van der Waals surface area contributed by atoms with Crippen molar-refractivity contribution in [2.75, 3.05) is 7.11 Å². The number of carbonyl (C=O) groups excluding carboxylic acids is 1. The smallest absolute Gasteiger partial charge is 0.379 e. The van der Waals surface area contributed by atoms with Gasteiger partial charge in [-0.1, -0.05) is 0 Å². The standard InChI is InChI=1S/C14H14N4O4.HNO3/c1-20-12-7-9(8-17-18-14(15)16)4-5-10(12)22-13(19)11-3-2-6-21-11;2-1(3)4/h2-8H,1H3,(H4,15,16,18);(H,2,3,4). The third-order valence-electron chi connectivity index (χ3n) is 2.49. The summed E-state index contributed by atoms with van der Waals surface area (Å²) in [5.74, 6) is -0.0608. The molecule has 0 bridgehead atoms. The number of hydrogen-bond acceptors (Lipinski definition) is 8. The number of esters is 1. The molecule has 0 amide bonds. The molecule has 138 valence electrons. The highest BCUT2D eigenvalue weighted by atomic mass is 16.9. The predicted octanol–water partition coefficient (Wildman–Crippen LogP) is 0.767. The Balaban J connectivity index is 0.000000765. The lowest BCUT2D eigenvalue weighted by Crippen LogP contribution is -2.21. The van der Waals surface area contributed by atoms with Crippen molar-refractivity contribution < 1.29 is 29.0 Å². The van der Waals surface area contributed by atoms with E-state index in [1.165, 1.54) is 25.7 Å². The summed E-state index contributed by atoms with van der Waals surface area (Å²) in [5.41, 5.74) is 11.0. The number of benzene rings is 1. The lowest BCUT2D eigenvalue weighted by atomic mass is 10.2. The third kappa shape index (κ3) is 6.99. The minimum Gasteiger partial charge on any atom is -0.493 e. The molecule has 0 aliphatic rings. The van der Waals surface area contributed by atoms with Crippen molar-refractivity contribution in [3.05, 3.63) is 58.0 Å². The van der Waals surface area contributed by atoms with E-state index in [0.29, 0.717) is 11.3 Å². The monoisotopic (exact) mass is 365 g/mol. The zero-order valence-electron chi connectivity index (χ0n) is 13.4. The third-order valence-corrected chi connectivity index (χ3v) is 2.49. The molecular weight excluding hydrogens is 350 g/mol. The average Bonchev–Trinajstić information content (AvgIpc) is 3.09. The van der Waals surface area contributed by atoms with Crippen LogP contribution in [-0.2, 0) is 0 Å². The van der Waals surface area contributed by atoms with Crippen LogP contribution in [0.3, 0.4) is 0 Å². The lowest BCUT2D eigenvalue weighted by Gasteiger charge is -2.08. The number of nitrogens with zero attached hydrogens (tertiary/aromatic N) is 3. The van der Waals surface area contributed by atoms with Crippen LogP contribution in [0.25, 0.3) is 0 Å². The van der Waals surface area contributed by atoms with Gasteiger partial charge in [0.15, 0.2) is 11.5 Å². The number of ether oxygens (including phenoxy) is 2. The Bertz CT molecular complexity index is 794. The molecule has 0 atom stereocenters. The Hall–Kier alpha value is -4.09. The van der Waals surface area contributed by atoms with Crippen LogP contribution < -0.4 is 20.9 Å². The normalized spacial score (nSPS) is 9.73. The number of guanidine groups is 1. The summed E-state index contributed by atoms with van der Waals surface area (Å²) in [7, 11) is 1.45. The number of rotatable bonds is 5. The lowest BCUT2D eigenvalue weighted by molar-refractivity contribution is -0.742. The molecule has 1 aromatic carbocycles. The number of carbonyl (C=O) groups is 1. The predicted molar refractivity (Wildman–Crippen MR) is 88.8 cm³/mol. The van der Waals surface area contributed by atoms with Gasteiger partial charge in [0.1, 0.15) is 0 Å². The summed E-state index contributed by atoms with van der Waals surface area (Å²) in [6.45, 7) is 0. The van der Waals surface area contributed by atoms with Gasteiger partial charge in [0, 0.05) is 0 Å². The number of methoxy groups -OCH3 is 1. The molecule has 0 unspecified atom stereocenters.